The third kappa shape index (κ3) is 4.53. The first-order valence-electron chi connectivity index (χ1n) is 7.90. The molecule has 1 heterocycles. The molecule has 1 aromatic carbocycles. The van der Waals surface area contributed by atoms with Crippen LogP contribution in [0.5, 0.6) is 0 Å². The fourth-order valence-corrected chi connectivity index (χ4v) is 2.83. The third-order valence-electron chi connectivity index (χ3n) is 4.18. The van der Waals surface area contributed by atoms with Crippen molar-refractivity contribution >= 4 is 17.7 Å². The Hall–Kier alpha value is -2.44. The molecule has 0 radical (unpaired) electrons. The molecule has 1 atom stereocenters. The molecule has 1 aromatic rings. The summed E-state index contributed by atoms with van der Waals surface area (Å²) in [5, 5.41) is 2.57. The molecule has 130 valence electrons. The van der Waals surface area contributed by atoms with Gasteiger partial charge < -0.3 is 15.1 Å². The largest absolute Gasteiger partial charge is 0.359 e. The Bertz CT molecular complexity index is 635. The van der Waals surface area contributed by atoms with Crippen molar-refractivity contribution in [2.45, 2.75) is 13.3 Å². The van der Waals surface area contributed by atoms with E-state index in [1.54, 1.807) is 21.9 Å². The van der Waals surface area contributed by atoms with Crippen molar-refractivity contribution in [3.05, 3.63) is 35.6 Å². The molecule has 1 saturated heterocycles. The standard InChI is InChI=1S/C17H22FN3O3/c1-12(22)20-6-7-21(11-14(10-20)17(24)19-2)16(23)9-13-4-3-5-15(18)8-13/h3-5,8,14H,6-7,9-11H2,1-2H3,(H,19,24). The fourth-order valence-electron chi connectivity index (χ4n) is 2.83. The molecule has 1 unspecified atom stereocenters. The molecular formula is C17H22FN3O3. The molecule has 0 bridgehead atoms. The summed E-state index contributed by atoms with van der Waals surface area (Å²) in [6.07, 6.45) is 0.0678. The van der Waals surface area contributed by atoms with Crippen LogP contribution in [0.2, 0.25) is 0 Å². The molecule has 0 aromatic heterocycles. The Morgan fingerprint density at radius 2 is 1.88 bits per heavy atom. The summed E-state index contributed by atoms with van der Waals surface area (Å²) >= 11 is 0. The first-order valence-corrected chi connectivity index (χ1v) is 7.90. The lowest BCUT2D eigenvalue weighted by molar-refractivity contribution is -0.132. The Morgan fingerprint density at radius 3 is 2.50 bits per heavy atom. The van der Waals surface area contributed by atoms with Crippen LogP contribution in [0.25, 0.3) is 0 Å². The van der Waals surface area contributed by atoms with E-state index in [2.05, 4.69) is 5.32 Å². The van der Waals surface area contributed by atoms with Crippen LogP contribution < -0.4 is 5.32 Å². The average molecular weight is 335 g/mol. The molecule has 2 rings (SSSR count). The minimum Gasteiger partial charge on any atom is -0.359 e. The Labute approximate surface area is 140 Å². The number of rotatable bonds is 3. The van der Waals surface area contributed by atoms with E-state index in [1.807, 2.05) is 0 Å². The normalized spacial score (nSPS) is 18.0. The zero-order chi connectivity index (χ0) is 17.7. The van der Waals surface area contributed by atoms with Crippen LogP contribution in [0.1, 0.15) is 12.5 Å². The van der Waals surface area contributed by atoms with Crippen molar-refractivity contribution in [1.29, 1.82) is 0 Å². The smallest absolute Gasteiger partial charge is 0.227 e. The number of hydrogen-bond donors (Lipinski definition) is 1. The molecule has 6 nitrogen and oxygen atoms in total. The van der Waals surface area contributed by atoms with Gasteiger partial charge in [0.2, 0.25) is 17.7 Å². The third-order valence-corrected chi connectivity index (χ3v) is 4.18. The first-order chi connectivity index (χ1) is 11.4. The predicted molar refractivity (Wildman–Crippen MR) is 86.5 cm³/mol. The number of nitrogens with zero attached hydrogens (tertiary/aromatic N) is 2. The molecule has 0 spiro atoms. The summed E-state index contributed by atoms with van der Waals surface area (Å²) in [4.78, 5) is 39.4. The second-order valence-corrected chi connectivity index (χ2v) is 5.92. The number of halogens is 1. The maximum absolute atomic E-state index is 13.3. The second-order valence-electron chi connectivity index (χ2n) is 5.92. The number of amides is 3. The maximum Gasteiger partial charge on any atom is 0.227 e. The van der Waals surface area contributed by atoms with E-state index in [9.17, 15) is 18.8 Å². The SMILES string of the molecule is CNC(=O)C1CN(C(C)=O)CCN(C(=O)Cc2cccc(F)c2)C1. The first kappa shape index (κ1) is 17.9. The highest BCUT2D eigenvalue weighted by atomic mass is 19.1. The van der Waals surface area contributed by atoms with E-state index in [1.165, 1.54) is 26.1 Å². The van der Waals surface area contributed by atoms with Gasteiger partial charge in [-0.25, -0.2) is 4.39 Å². The van der Waals surface area contributed by atoms with E-state index < -0.39 is 5.92 Å². The molecule has 7 heteroatoms. The number of carbonyl (C=O) groups excluding carboxylic acids is 3. The monoisotopic (exact) mass is 335 g/mol. The predicted octanol–water partition coefficient (Wildman–Crippen LogP) is 0.421. The maximum atomic E-state index is 13.3. The van der Waals surface area contributed by atoms with Gasteiger partial charge in [0.25, 0.3) is 0 Å². The fraction of sp³-hybridized carbons (Fsp3) is 0.471. The highest BCUT2D eigenvalue weighted by Crippen LogP contribution is 2.13. The van der Waals surface area contributed by atoms with E-state index in [4.69, 9.17) is 0 Å². The van der Waals surface area contributed by atoms with Crippen LogP contribution in [-0.4, -0.2) is 60.7 Å². The lowest BCUT2D eigenvalue weighted by Gasteiger charge is -2.23. The van der Waals surface area contributed by atoms with Gasteiger partial charge in [-0.3, -0.25) is 14.4 Å². The highest BCUT2D eigenvalue weighted by molar-refractivity contribution is 5.83. The molecule has 1 aliphatic heterocycles. The molecule has 1 fully saturated rings. The zero-order valence-electron chi connectivity index (χ0n) is 13.9. The van der Waals surface area contributed by atoms with Gasteiger partial charge in [0.1, 0.15) is 5.82 Å². The van der Waals surface area contributed by atoms with Gasteiger partial charge in [-0.1, -0.05) is 12.1 Å². The summed E-state index contributed by atoms with van der Waals surface area (Å²) in [5.41, 5.74) is 0.587. The lowest BCUT2D eigenvalue weighted by Crippen LogP contribution is -2.42. The van der Waals surface area contributed by atoms with Gasteiger partial charge in [-0.2, -0.15) is 0 Å². The molecule has 24 heavy (non-hydrogen) atoms. The van der Waals surface area contributed by atoms with E-state index in [0.717, 1.165) is 0 Å². The average Bonchev–Trinajstić information content (AvgIpc) is 2.77. The molecule has 0 saturated carbocycles. The van der Waals surface area contributed by atoms with Gasteiger partial charge in [0.15, 0.2) is 0 Å². The molecule has 0 aliphatic carbocycles. The lowest BCUT2D eigenvalue weighted by atomic mass is 10.1. The second kappa shape index (κ2) is 7.90. The van der Waals surface area contributed by atoms with Gasteiger partial charge >= 0.3 is 0 Å². The number of hydrogen-bond acceptors (Lipinski definition) is 3. The van der Waals surface area contributed by atoms with Crippen molar-refractivity contribution < 1.29 is 18.8 Å². The van der Waals surface area contributed by atoms with Gasteiger partial charge in [-0.15, -0.1) is 0 Å². The van der Waals surface area contributed by atoms with E-state index in [0.29, 0.717) is 25.2 Å². The van der Waals surface area contributed by atoms with Crippen LogP contribution in [0.3, 0.4) is 0 Å². The van der Waals surface area contributed by atoms with Crippen molar-refractivity contribution in [1.82, 2.24) is 15.1 Å². The van der Waals surface area contributed by atoms with Crippen molar-refractivity contribution in [3.8, 4) is 0 Å². The minimum absolute atomic E-state index is 0.0678. The van der Waals surface area contributed by atoms with Crippen LogP contribution in [0, 0.1) is 11.7 Å². The molecule has 3 amide bonds. The van der Waals surface area contributed by atoms with Crippen molar-refractivity contribution in [2.75, 3.05) is 33.2 Å². The number of carbonyl (C=O) groups is 3. The summed E-state index contributed by atoms with van der Waals surface area (Å²) in [5.74, 6) is -1.37. The van der Waals surface area contributed by atoms with Gasteiger partial charge in [0.05, 0.1) is 12.3 Å². The van der Waals surface area contributed by atoms with Crippen LogP contribution in [-0.2, 0) is 20.8 Å². The van der Waals surface area contributed by atoms with E-state index >= 15 is 0 Å². The molecule has 1 N–H and O–H groups in total. The quantitative estimate of drug-likeness (QED) is 0.870. The number of nitrogens with one attached hydrogen (secondary N) is 1. The van der Waals surface area contributed by atoms with Gasteiger partial charge in [-0.05, 0) is 17.7 Å². The summed E-state index contributed by atoms with van der Waals surface area (Å²) in [6.45, 7) is 2.74. The van der Waals surface area contributed by atoms with Crippen LogP contribution in [0.4, 0.5) is 4.39 Å². The Balaban J connectivity index is 2.11. The van der Waals surface area contributed by atoms with Crippen molar-refractivity contribution in [3.63, 3.8) is 0 Å². The minimum atomic E-state index is -0.474. The van der Waals surface area contributed by atoms with Crippen LogP contribution >= 0.6 is 0 Å². The molecule has 1 aliphatic rings. The summed E-state index contributed by atoms with van der Waals surface area (Å²) < 4.78 is 13.3. The zero-order valence-corrected chi connectivity index (χ0v) is 13.9. The topological polar surface area (TPSA) is 69.7 Å². The molecular weight excluding hydrogens is 313 g/mol. The van der Waals surface area contributed by atoms with Crippen molar-refractivity contribution in [2.24, 2.45) is 5.92 Å². The highest BCUT2D eigenvalue weighted by Gasteiger charge is 2.30. The van der Waals surface area contributed by atoms with Crippen LogP contribution in [0.15, 0.2) is 24.3 Å². The summed E-state index contributed by atoms with van der Waals surface area (Å²) in [6, 6.07) is 5.90. The van der Waals surface area contributed by atoms with Gasteiger partial charge in [0, 0.05) is 40.2 Å². The Kier molecular flexibility index (Phi) is 5.89. The summed E-state index contributed by atoms with van der Waals surface area (Å²) in [7, 11) is 1.53. The Morgan fingerprint density at radius 1 is 1.21 bits per heavy atom. The van der Waals surface area contributed by atoms with E-state index in [-0.39, 0.29) is 36.5 Å². The number of benzene rings is 1.